The molecule has 1 amide bonds. The quantitative estimate of drug-likeness (QED) is 0.541. The number of carbonyl (C=O) groups excluding carboxylic acids is 1. The topological polar surface area (TPSA) is 126 Å². The summed E-state index contributed by atoms with van der Waals surface area (Å²) >= 11 is 0. The van der Waals surface area contributed by atoms with Crippen molar-refractivity contribution in [3.8, 4) is 11.3 Å². The molecule has 0 radical (unpaired) electrons. The Hall–Kier alpha value is -3.26. The summed E-state index contributed by atoms with van der Waals surface area (Å²) in [6.07, 6.45) is 6.16. The number of nitrogens with zero attached hydrogens (tertiary/aromatic N) is 3. The van der Waals surface area contributed by atoms with E-state index in [2.05, 4.69) is 25.6 Å². The Morgan fingerprint density at radius 2 is 2.07 bits per heavy atom. The maximum atomic E-state index is 12.2. The summed E-state index contributed by atoms with van der Waals surface area (Å²) in [5.41, 5.74) is 8.49. The molecule has 0 unspecified atom stereocenters. The number of hydrogen-bond acceptors (Lipinski definition) is 7. The molecule has 2 aromatic rings. The van der Waals surface area contributed by atoms with Crippen LogP contribution in [0.4, 0.5) is 5.95 Å². The molecule has 0 bridgehead atoms. The van der Waals surface area contributed by atoms with E-state index in [-0.39, 0.29) is 12.5 Å². The van der Waals surface area contributed by atoms with Crippen molar-refractivity contribution >= 4 is 18.1 Å². The highest BCUT2D eigenvalue weighted by Gasteiger charge is 2.40. The highest BCUT2D eigenvalue weighted by molar-refractivity contribution is 5.94. The number of allylic oxidation sites excluding steroid dienone is 1. The fraction of sp³-hybridized carbons (Fsp3) is 0.300. The fourth-order valence-electron chi connectivity index (χ4n) is 2.63. The monoisotopic (exact) mass is 380 g/mol. The van der Waals surface area contributed by atoms with Gasteiger partial charge < -0.3 is 21.5 Å². The number of rotatable bonds is 7. The van der Waals surface area contributed by atoms with Crippen molar-refractivity contribution in [2.24, 2.45) is 10.7 Å². The van der Waals surface area contributed by atoms with Crippen LogP contribution in [-0.4, -0.2) is 46.4 Å². The highest BCUT2D eigenvalue weighted by Crippen LogP contribution is 2.34. The second-order valence-electron chi connectivity index (χ2n) is 6.84. The number of aliphatic imine (C=N–C) groups is 1. The Morgan fingerprint density at radius 1 is 1.36 bits per heavy atom. The zero-order valence-electron chi connectivity index (χ0n) is 15.9. The zero-order valence-corrected chi connectivity index (χ0v) is 15.9. The molecule has 8 nitrogen and oxygen atoms in total. The van der Waals surface area contributed by atoms with Gasteiger partial charge in [-0.2, -0.15) is 0 Å². The Balaban J connectivity index is 1.75. The molecule has 1 heterocycles. The van der Waals surface area contributed by atoms with Crippen LogP contribution in [-0.2, 0) is 0 Å². The van der Waals surface area contributed by atoms with E-state index in [0.29, 0.717) is 17.2 Å². The largest absolute Gasteiger partial charge is 0.403 e. The molecule has 28 heavy (non-hydrogen) atoms. The van der Waals surface area contributed by atoms with E-state index in [4.69, 9.17) is 5.73 Å². The van der Waals surface area contributed by atoms with Crippen LogP contribution in [0.2, 0.25) is 0 Å². The lowest BCUT2D eigenvalue weighted by Gasteiger charge is -2.11. The van der Waals surface area contributed by atoms with Gasteiger partial charge in [0.25, 0.3) is 5.91 Å². The number of nitrogens with one attached hydrogen (secondary N) is 2. The summed E-state index contributed by atoms with van der Waals surface area (Å²) in [7, 11) is 1.65. The van der Waals surface area contributed by atoms with Crippen molar-refractivity contribution in [2.75, 3.05) is 18.9 Å². The summed E-state index contributed by atoms with van der Waals surface area (Å²) in [5.74, 6) is 0.196. The van der Waals surface area contributed by atoms with Crippen molar-refractivity contribution in [1.82, 2.24) is 15.3 Å². The van der Waals surface area contributed by atoms with Gasteiger partial charge in [0.1, 0.15) is 0 Å². The molecule has 0 atom stereocenters. The number of nitrogens with two attached hydrogens (primary N) is 1. The summed E-state index contributed by atoms with van der Waals surface area (Å²) in [6.45, 7) is 2.20. The van der Waals surface area contributed by atoms with E-state index in [0.717, 1.165) is 29.7 Å². The van der Waals surface area contributed by atoms with Crippen molar-refractivity contribution in [1.29, 1.82) is 0 Å². The standard InChI is InChI=1S/C20H24N6O2/c1-13-10-23-19(25-16(9-21)11-22-2)26-17(13)14-3-5-15(6-4-14)18(27)24-12-20(28)7-8-20/h3-6,9-11,28H,7-8,12,21H2,1-2H3,(H,24,27)(H,23,25,26)/b16-9+,22-11?. The van der Waals surface area contributed by atoms with E-state index < -0.39 is 5.60 Å². The Kier molecular flexibility index (Phi) is 5.70. The van der Waals surface area contributed by atoms with Gasteiger partial charge in [-0.1, -0.05) is 12.1 Å². The minimum absolute atomic E-state index is 0.204. The average molecular weight is 380 g/mol. The summed E-state index contributed by atoms with van der Waals surface area (Å²) in [5, 5.41) is 15.6. The fourth-order valence-corrected chi connectivity index (χ4v) is 2.63. The molecule has 0 saturated heterocycles. The van der Waals surface area contributed by atoms with Gasteiger partial charge in [0.15, 0.2) is 0 Å². The van der Waals surface area contributed by atoms with Crippen LogP contribution in [0.15, 0.2) is 47.4 Å². The van der Waals surface area contributed by atoms with Gasteiger partial charge in [-0.3, -0.25) is 9.79 Å². The summed E-state index contributed by atoms with van der Waals surface area (Å²) in [6, 6.07) is 7.16. The predicted octanol–water partition coefficient (Wildman–Crippen LogP) is 1.62. The molecule has 1 saturated carbocycles. The number of benzene rings is 1. The van der Waals surface area contributed by atoms with Crippen molar-refractivity contribution in [3.63, 3.8) is 0 Å². The number of hydrogen-bond donors (Lipinski definition) is 4. The van der Waals surface area contributed by atoms with Gasteiger partial charge in [0, 0.05) is 43.3 Å². The molecule has 3 rings (SSSR count). The third-order valence-corrected chi connectivity index (χ3v) is 4.50. The molecule has 5 N–H and O–H groups in total. The molecule has 1 fully saturated rings. The predicted molar refractivity (Wildman–Crippen MR) is 109 cm³/mol. The first-order valence-electron chi connectivity index (χ1n) is 9.00. The van der Waals surface area contributed by atoms with Gasteiger partial charge >= 0.3 is 0 Å². The van der Waals surface area contributed by atoms with Crippen molar-refractivity contribution in [3.05, 3.63) is 53.5 Å². The van der Waals surface area contributed by atoms with E-state index in [1.807, 2.05) is 19.1 Å². The van der Waals surface area contributed by atoms with Crippen LogP contribution in [0.3, 0.4) is 0 Å². The van der Waals surface area contributed by atoms with Gasteiger partial charge in [-0.15, -0.1) is 0 Å². The maximum absolute atomic E-state index is 12.2. The minimum atomic E-state index is -0.712. The smallest absolute Gasteiger partial charge is 0.251 e. The van der Waals surface area contributed by atoms with Crippen LogP contribution in [0.5, 0.6) is 0 Å². The van der Waals surface area contributed by atoms with Crippen molar-refractivity contribution < 1.29 is 9.90 Å². The van der Waals surface area contributed by atoms with Gasteiger partial charge in [-0.25, -0.2) is 9.97 Å². The Morgan fingerprint density at radius 3 is 2.68 bits per heavy atom. The number of aryl methyl sites for hydroxylation is 1. The van der Waals surface area contributed by atoms with Gasteiger partial charge in [-0.05, 0) is 37.5 Å². The van der Waals surface area contributed by atoms with Crippen LogP contribution in [0, 0.1) is 6.92 Å². The summed E-state index contributed by atoms with van der Waals surface area (Å²) < 4.78 is 0. The van der Waals surface area contributed by atoms with Crippen molar-refractivity contribution in [2.45, 2.75) is 25.4 Å². The number of carbonyl (C=O) groups is 1. The second kappa shape index (κ2) is 8.18. The highest BCUT2D eigenvalue weighted by atomic mass is 16.3. The molecule has 146 valence electrons. The van der Waals surface area contributed by atoms with E-state index in [1.165, 1.54) is 6.20 Å². The minimum Gasteiger partial charge on any atom is -0.403 e. The molecule has 1 aromatic carbocycles. The number of anilines is 1. The lowest BCUT2D eigenvalue weighted by Crippen LogP contribution is -2.33. The third kappa shape index (κ3) is 4.72. The molecular weight excluding hydrogens is 356 g/mol. The zero-order chi connectivity index (χ0) is 20.1. The van der Waals surface area contributed by atoms with Crippen LogP contribution in [0.25, 0.3) is 11.3 Å². The second-order valence-corrected chi connectivity index (χ2v) is 6.84. The van der Waals surface area contributed by atoms with Gasteiger partial charge in [0.2, 0.25) is 5.95 Å². The molecular formula is C20H24N6O2. The van der Waals surface area contributed by atoms with E-state index in [1.54, 1.807) is 31.6 Å². The van der Waals surface area contributed by atoms with E-state index >= 15 is 0 Å². The first-order chi connectivity index (χ1) is 13.4. The van der Waals surface area contributed by atoms with E-state index in [9.17, 15) is 9.90 Å². The first-order valence-corrected chi connectivity index (χ1v) is 9.00. The molecule has 1 aliphatic rings. The third-order valence-electron chi connectivity index (χ3n) is 4.50. The SMILES string of the molecule is CN=C/C(=C\N)Nc1ncc(C)c(-c2ccc(C(=O)NCC3(O)CC3)cc2)n1. The lowest BCUT2D eigenvalue weighted by atomic mass is 10.1. The van der Waals surface area contributed by atoms with Crippen LogP contribution >= 0.6 is 0 Å². The Bertz CT molecular complexity index is 917. The lowest BCUT2D eigenvalue weighted by molar-refractivity contribution is 0.0896. The maximum Gasteiger partial charge on any atom is 0.251 e. The number of amides is 1. The average Bonchev–Trinajstić information content (AvgIpc) is 3.45. The van der Waals surface area contributed by atoms with Gasteiger partial charge in [0.05, 0.1) is 17.0 Å². The normalized spacial score (nSPS) is 15.5. The molecule has 0 spiro atoms. The van der Waals surface area contributed by atoms with Crippen LogP contribution in [0.1, 0.15) is 28.8 Å². The molecule has 8 heteroatoms. The molecule has 0 aliphatic heterocycles. The summed E-state index contributed by atoms with van der Waals surface area (Å²) in [4.78, 5) is 24.9. The number of aromatic nitrogens is 2. The Labute approximate surface area is 163 Å². The van der Waals surface area contributed by atoms with Crippen LogP contribution < -0.4 is 16.4 Å². The number of aliphatic hydroxyl groups is 1. The molecule has 1 aliphatic carbocycles. The first kappa shape index (κ1) is 19.5. The molecule has 1 aromatic heterocycles.